The zero-order chi connectivity index (χ0) is 21.4. The Morgan fingerprint density at radius 3 is 2.48 bits per heavy atom. The van der Waals surface area contributed by atoms with E-state index in [4.69, 9.17) is 0 Å². The van der Waals surface area contributed by atoms with Crippen molar-refractivity contribution in [2.45, 2.75) is 18.7 Å². The van der Waals surface area contributed by atoms with E-state index in [1.807, 2.05) is 11.8 Å². The molecule has 0 aliphatic carbocycles. The van der Waals surface area contributed by atoms with Crippen LogP contribution in [0.1, 0.15) is 13.8 Å². The molecular formula is C17H26N6O5S. The zero-order valence-corrected chi connectivity index (χ0v) is 17.3. The minimum Gasteiger partial charge on any atom is -0.357 e. The normalized spacial score (nSPS) is 15.3. The molecule has 0 atom stereocenters. The number of benzene rings is 1. The number of carbonyl (C=O) groups is 1. The van der Waals surface area contributed by atoms with Gasteiger partial charge >= 0.3 is 0 Å². The van der Waals surface area contributed by atoms with Crippen LogP contribution in [-0.4, -0.2) is 80.8 Å². The summed E-state index contributed by atoms with van der Waals surface area (Å²) in [6, 6.07) is 4.88. The molecule has 29 heavy (non-hydrogen) atoms. The summed E-state index contributed by atoms with van der Waals surface area (Å²) in [7, 11) is -3.87. The summed E-state index contributed by atoms with van der Waals surface area (Å²) in [6.45, 7) is 6.89. The molecule has 0 bridgehead atoms. The van der Waals surface area contributed by atoms with Gasteiger partial charge in [-0.05, 0) is 13.0 Å². The van der Waals surface area contributed by atoms with E-state index in [1.54, 1.807) is 11.8 Å². The topological polar surface area (TPSA) is 137 Å². The van der Waals surface area contributed by atoms with Gasteiger partial charge in [-0.25, -0.2) is 13.1 Å². The fraction of sp³-hybridized carbons (Fsp3) is 0.529. The molecular weight excluding hydrogens is 400 g/mol. The van der Waals surface area contributed by atoms with Gasteiger partial charge in [0.2, 0.25) is 15.9 Å². The highest BCUT2D eigenvalue weighted by Crippen LogP contribution is 2.16. The van der Waals surface area contributed by atoms with Crippen LogP contribution in [0, 0.1) is 10.1 Å². The van der Waals surface area contributed by atoms with Gasteiger partial charge in [0.15, 0.2) is 5.96 Å². The maximum Gasteiger partial charge on any atom is 0.270 e. The number of hydrogen-bond acceptors (Lipinski definition) is 6. The molecule has 12 heteroatoms. The van der Waals surface area contributed by atoms with Crippen LogP contribution in [0.4, 0.5) is 5.69 Å². The molecule has 1 aromatic carbocycles. The molecule has 0 unspecified atom stereocenters. The second kappa shape index (κ2) is 10.2. The lowest BCUT2D eigenvalue weighted by molar-refractivity contribution is -0.385. The molecule has 1 saturated heterocycles. The maximum atomic E-state index is 12.3. The first-order valence-electron chi connectivity index (χ1n) is 9.27. The molecule has 2 N–H and O–H groups in total. The van der Waals surface area contributed by atoms with Crippen molar-refractivity contribution in [3.05, 3.63) is 34.4 Å². The number of carbonyl (C=O) groups excluding carboxylic acids is 1. The van der Waals surface area contributed by atoms with E-state index in [1.165, 1.54) is 18.2 Å². The molecule has 1 heterocycles. The molecule has 1 aliphatic heterocycles. The smallest absolute Gasteiger partial charge is 0.270 e. The van der Waals surface area contributed by atoms with Crippen molar-refractivity contribution < 1.29 is 18.1 Å². The van der Waals surface area contributed by atoms with Crippen LogP contribution in [0.15, 0.2) is 34.2 Å². The predicted octanol–water partition coefficient (Wildman–Crippen LogP) is 0.00270. The molecule has 1 fully saturated rings. The number of guanidine groups is 1. The van der Waals surface area contributed by atoms with E-state index in [2.05, 4.69) is 15.0 Å². The van der Waals surface area contributed by atoms with Gasteiger partial charge in [0.25, 0.3) is 5.69 Å². The molecule has 1 aliphatic rings. The molecule has 1 amide bonds. The van der Waals surface area contributed by atoms with E-state index in [-0.39, 0.29) is 29.6 Å². The summed E-state index contributed by atoms with van der Waals surface area (Å²) >= 11 is 0. The highest BCUT2D eigenvalue weighted by Gasteiger charge is 2.21. The Morgan fingerprint density at radius 2 is 1.90 bits per heavy atom. The fourth-order valence-electron chi connectivity index (χ4n) is 2.85. The molecule has 2 rings (SSSR count). The third kappa shape index (κ3) is 6.39. The summed E-state index contributed by atoms with van der Waals surface area (Å²) in [5.41, 5.74) is -0.287. The highest BCUT2D eigenvalue weighted by molar-refractivity contribution is 7.89. The molecule has 0 aromatic heterocycles. The van der Waals surface area contributed by atoms with Gasteiger partial charge in [-0.15, -0.1) is 0 Å². The molecule has 1 aromatic rings. The third-order valence-electron chi connectivity index (χ3n) is 4.36. The molecule has 11 nitrogen and oxygen atoms in total. The van der Waals surface area contributed by atoms with Gasteiger partial charge in [0.1, 0.15) is 0 Å². The number of nitrogens with zero attached hydrogens (tertiary/aromatic N) is 4. The number of piperazine rings is 1. The Bertz CT molecular complexity index is 865. The van der Waals surface area contributed by atoms with Crippen molar-refractivity contribution in [3.8, 4) is 0 Å². The highest BCUT2D eigenvalue weighted by atomic mass is 32.2. The summed E-state index contributed by atoms with van der Waals surface area (Å²) in [4.78, 5) is 29.7. The lowest BCUT2D eigenvalue weighted by Crippen LogP contribution is -2.53. The van der Waals surface area contributed by atoms with Gasteiger partial charge in [-0.3, -0.25) is 19.9 Å². The number of sulfonamides is 1. The summed E-state index contributed by atoms with van der Waals surface area (Å²) in [5, 5.41) is 14.0. The standard InChI is InChI=1S/C17H26N6O5S/c1-3-18-17(22-11-9-21(10-12-22)14(2)24)19-7-8-20-29(27,28)16-6-4-5-15(13-16)23(25)26/h4-6,13,20H,3,7-12H2,1-2H3,(H,18,19). The quantitative estimate of drug-likeness (QED) is 0.206. The number of nitro benzene ring substituents is 1. The lowest BCUT2D eigenvalue weighted by atomic mass is 10.3. The van der Waals surface area contributed by atoms with Crippen molar-refractivity contribution in [3.63, 3.8) is 0 Å². The van der Waals surface area contributed by atoms with Gasteiger partial charge in [0.05, 0.1) is 16.4 Å². The van der Waals surface area contributed by atoms with Crippen molar-refractivity contribution in [2.24, 2.45) is 4.99 Å². The van der Waals surface area contributed by atoms with Crippen LogP contribution in [0.3, 0.4) is 0 Å². The molecule has 160 valence electrons. The van der Waals surface area contributed by atoms with Crippen LogP contribution < -0.4 is 10.0 Å². The average Bonchev–Trinajstić information content (AvgIpc) is 2.70. The van der Waals surface area contributed by atoms with E-state index < -0.39 is 14.9 Å². The van der Waals surface area contributed by atoms with Crippen LogP contribution in [0.2, 0.25) is 0 Å². The minimum absolute atomic E-state index is 0.0437. The molecule has 0 spiro atoms. The Hall–Kier alpha value is -2.73. The lowest BCUT2D eigenvalue weighted by Gasteiger charge is -2.36. The predicted molar refractivity (Wildman–Crippen MR) is 108 cm³/mol. The molecule has 0 saturated carbocycles. The number of nitro groups is 1. The summed E-state index contributed by atoms with van der Waals surface area (Å²) < 4.78 is 27.1. The Kier molecular flexibility index (Phi) is 7.91. The van der Waals surface area contributed by atoms with Crippen LogP contribution in [-0.2, 0) is 14.8 Å². The van der Waals surface area contributed by atoms with E-state index >= 15 is 0 Å². The Morgan fingerprint density at radius 1 is 1.24 bits per heavy atom. The monoisotopic (exact) mass is 426 g/mol. The largest absolute Gasteiger partial charge is 0.357 e. The first-order chi connectivity index (χ1) is 13.7. The minimum atomic E-state index is -3.87. The fourth-order valence-corrected chi connectivity index (χ4v) is 3.91. The zero-order valence-electron chi connectivity index (χ0n) is 16.5. The Balaban J connectivity index is 1.95. The van der Waals surface area contributed by atoms with E-state index in [9.17, 15) is 23.3 Å². The van der Waals surface area contributed by atoms with Gasteiger partial charge in [0, 0.05) is 58.3 Å². The first kappa shape index (κ1) is 22.6. The van der Waals surface area contributed by atoms with Gasteiger partial charge < -0.3 is 15.1 Å². The Labute approximate surface area is 170 Å². The average molecular weight is 426 g/mol. The van der Waals surface area contributed by atoms with Gasteiger partial charge in [-0.1, -0.05) is 6.07 Å². The number of amides is 1. The van der Waals surface area contributed by atoms with E-state index in [0.29, 0.717) is 38.7 Å². The number of hydrogen-bond donors (Lipinski definition) is 2. The van der Waals surface area contributed by atoms with Crippen LogP contribution in [0.5, 0.6) is 0 Å². The van der Waals surface area contributed by atoms with Crippen molar-refractivity contribution in [1.29, 1.82) is 0 Å². The summed E-state index contributed by atoms with van der Waals surface area (Å²) in [5.74, 6) is 0.701. The van der Waals surface area contributed by atoms with Crippen LogP contribution >= 0.6 is 0 Å². The number of rotatable bonds is 7. The summed E-state index contributed by atoms with van der Waals surface area (Å²) in [6.07, 6.45) is 0. The first-order valence-corrected chi connectivity index (χ1v) is 10.8. The maximum absolute atomic E-state index is 12.3. The number of nitrogens with one attached hydrogen (secondary N) is 2. The van der Waals surface area contributed by atoms with Crippen molar-refractivity contribution >= 4 is 27.6 Å². The second-order valence-corrected chi connectivity index (χ2v) is 8.15. The second-order valence-electron chi connectivity index (χ2n) is 6.38. The number of aliphatic imine (C=N–C) groups is 1. The van der Waals surface area contributed by atoms with Gasteiger partial charge in [-0.2, -0.15) is 0 Å². The van der Waals surface area contributed by atoms with E-state index in [0.717, 1.165) is 6.07 Å². The number of non-ortho nitro benzene ring substituents is 1. The molecule has 0 radical (unpaired) electrons. The van der Waals surface area contributed by atoms with Crippen molar-refractivity contribution in [2.75, 3.05) is 45.8 Å². The van der Waals surface area contributed by atoms with Crippen molar-refractivity contribution in [1.82, 2.24) is 19.8 Å². The third-order valence-corrected chi connectivity index (χ3v) is 5.82. The van der Waals surface area contributed by atoms with Crippen LogP contribution in [0.25, 0.3) is 0 Å². The SMILES string of the molecule is CCNC(=NCCNS(=O)(=O)c1cccc([N+](=O)[O-])c1)N1CCN(C(C)=O)CC1.